The smallest absolute Gasteiger partial charge is 0.229 e. The van der Waals surface area contributed by atoms with Crippen molar-refractivity contribution in [1.29, 1.82) is 0 Å². The average Bonchev–Trinajstić information content (AvgIpc) is 2.65. The number of para-hydroxylation sites is 1. The summed E-state index contributed by atoms with van der Waals surface area (Å²) in [5.74, 6) is 1.39. The highest BCUT2D eigenvalue weighted by atomic mass is 35.5. The highest BCUT2D eigenvalue weighted by Gasteiger charge is 2.17. The quantitative estimate of drug-likeness (QED) is 0.730. The first-order valence-electron chi connectivity index (χ1n) is 8.03. The Kier molecular flexibility index (Phi) is 4.61. The zero-order valence-corrected chi connectivity index (χ0v) is 14.9. The Morgan fingerprint density at radius 3 is 2.60 bits per heavy atom. The van der Waals surface area contributed by atoms with E-state index in [1.165, 1.54) is 0 Å². The van der Waals surface area contributed by atoms with Crippen molar-refractivity contribution in [2.45, 2.75) is 0 Å². The average molecular weight is 375 g/mol. The SMILES string of the molecule is Clc1cccc(Nc2nc(N3CCOCC3)c3ccccc3n2)c1Cl. The number of rotatable bonds is 3. The predicted molar refractivity (Wildman–Crippen MR) is 102 cm³/mol. The van der Waals surface area contributed by atoms with Crippen molar-refractivity contribution in [2.24, 2.45) is 0 Å². The third-order valence-corrected chi connectivity index (χ3v) is 4.91. The molecule has 4 rings (SSSR count). The third-order valence-electron chi connectivity index (χ3n) is 4.09. The number of anilines is 3. The van der Waals surface area contributed by atoms with E-state index < -0.39 is 0 Å². The standard InChI is InChI=1S/C18H16Cl2N4O/c19-13-5-3-7-15(16(13)20)22-18-21-14-6-2-1-4-12(14)17(23-18)24-8-10-25-11-9-24/h1-7H,8-11H2,(H,21,22,23). The molecule has 5 nitrogen and oxygen atoms in total. The molecule has 1 aliphatic rings. The number of morpholine rings is 1. The van der Waals surface area contributed by atoms with Crippen LogP contribution in [-0.4, -0.2) is 36.3 Å². The van der Waals surface area contributed by atoms with Crippen molar-refractivity contribution in [3.8, 4) is 0 Å². The van der Waals surface area contributed by atoms with E-state index in [1.807, 2.05) is 36.4 Å². The Labute approximate surface area is 155 Å². The van der Waals surface area contributed by atoms with E-state index in [1.54, 1.807) is 6.07 Å². The van der Waals surface area contributed by atoms with Crippen LogP contribution in [0, 0.1) is 0 Å². The predicted octanol–water partition coefficient (Wildman–Crippen LogP) is 4.52. The molecule has 0 bridgehead atoms. The van der Waals surface area contributed by atoms with E-state index in [4.69, 9.17) is 32.9 Å². The van der Waals surface area contributed by atoms with Crippen LogP contribution in [0.4, 0.5) is 17.5 Å². The Morgan fingerprint density at radius 2 is 1.76 bits per heavy atom. The molecular weight excluding hydrogens is 359 g/mol. The Hall–Kier alpha value is -2.08. The summed E-state index contributed by atoms with van der Waals surface area (Å²) in [5, 5.41) is 5.15. The van der Waals surface area contributed by atoms with E-state index in [-0.39, 0.29) is 0 Å². The molecule has 0 atom stereocenters. The number of hydrogen-bond donors (Lipinski definition) is 1. The lowest BCUT2D eigenvalue weighted by Crippen LogP contribution is -2.37. The topological polar surface area (TPSA) is 50.3 Å². The van der Waals surface area contributed by atoms with Crippen LogP contribution < -0.4 is 10.2 Å². The molecule has 0 unspecified atom stereocenters. The molecule has 0 saturated carbocycles. The van der Waals surface area contributed by atoms with E-state index >= 15 is 0 Å². The Morgan fingerprint density at radius 1 is 0.960 bits per heavy atom. The van der Waals surface area contributed by atoms with Crippen molar-refractivity contribution in [3.05, 3.63) is 52.5 Å². The van der Waals surface area contributed by atoms with Gasteiger partial charge in [0.1, 0.15) is 5.82 Å². The number of hydrogen-bond acceptors (Lipinski definition) is 5. The third kappa shape index (κ3) is 3.35. The van der Waals surface area contributed by atoms with Gasteiger partial charge in [0, 0.05) is 18.5 Å². The molecule has 1 fully saturated rings. The summed E-state index contributed by atoms with van der Waals surface area (Å²) in [6.45, 7) is 3.00. The first kappa shape index (κ1) is 16.4. The second kappa shape index (κ2) is 7.04. The first-order valence-corrected chi connectivity index (χ1v) is 8.78. The summed E-state index contributed by atoms with van der Waals surface area (Å²) >= 11 is 12.4. The minimum absolute atomic E-state index is 0.453. The molecule has 128 valence electrons. The van der Waals surface area contributed by atoms with Gasteiger partial charge in [-0.2, -0.15) is 4.98 Å². The summed E-state index contributed by atoms with van der Waals surface area (Å²) in [6.07, 6.45) is 0. The van der Waals surface area contributed by atoms with Crippen LogP contribution >= 0.6 is 23.2 Å². The van der Waals surface area contributed by atoms with Crippen LogP contribution in [0.25, 0.3) is 10.9 Å². The minimum atomic E-state index is 0.453. The highest BCUT2D eigenvalue weighted by Crippen LogP contribution is 2.32. The fourth-order valence-electron chi connectivity index (χ4n) is 2.85. The van der Waals surface area contributed by atoms with Crippen LogP contribution in [-0.2, 0) is 4.74 Å². The monoisotopic (exact) mass is 374 g/mol. The molecule has 0 radical (unpaired) electrons. The minimum Gasteiger partial charge on any atom is -0.378 e. The molecule has 2 aromatic carbocycles. The van der Waals surface area contributed by atoms with Crippen molar-refractivity contribution >= 4 is 51.6 Å². The van der Waals surface area contributed by atoms with Gasteiger partial charge in [-0.1, -0.05) is 41.4 Å². The van der Waals surface area contributed by atoms with Gasteiger partial charge >= 0.3 is 0 Å². The summed E-state index contributed by atoms with van der Waals surface area (Å²) in [6, 6.07) is 13.4. The second-order valence-electron chi connectivity index (χ2n) is 5.71. The molecule has 2 heterocycles. The fraction of sp³-hybridized carbons (Fsp3) is 0.222. The molecule has 0 spiro atoms. The number of ether oxygens (including phenoxy) is 1. The van der Waals surface area contributed by atoms with Gasteiger partial charge in [0.2, 0.25) is 5.95 Å². The molecule has 1 N–H and O–H groups in total. The van der Waals surface area contributed by atoms with Crippen LogP contribution in [0.5, 0.6) is 0 Å². The number of halogens is 2. The maximum absolute atomic E-state index is 6.27. The maximum Gasteiger partial charge on any atom is 0.229 e. The van der Waals surface area contributed by atoms with Gasteiger partial charge in [0.25, 0.3) is 0 Å². The lowest BCUT2D eigenvalue weighted by Gasteiger charge is -2.29. The van der Waals surface area contributed by atoms with Gasteiger partial charge < -0.3 is 15.0 Å². The van der Waals surface area contributed by atoms with Crippen LogP contribution in [0.1, 0.15) is 0 Å². The Balaban J connectivity index is 1.77. The van der Waals surface area contributed by atoms with Gasteiger partial charge in [-0.05, 0) is 24.3 Å². The van der Waals surface area contributed by atoms with Crippen LogP contribution in [0.15, 0.2) is 42.5 Å². The van der Waals surface area contributed by atoms with E-state index in [0.717, 1.165) is 29.8 Å². The molecule has 7 heteroatoms. The fourth-order valence-corrected chi connectivity index (χ4v) is 3.20. The van der Waals surface area contributed by atoms with Crippen molar-refractivity contribution in [2.75, 3.05) is 36.5 Å². The van der Waals surface area contributed by atoms with E-state index in [9.17, 15) is 0 Å². The van der Waals surface area contributed by atoms with E-state index in [2.05, 4.69) is 15.2 Å². The summed E-state index contributed by atoms with van der Waals surface area (Å²) in [5.41, 5.74) is 1.55. The molecule has 3 aromatic rings. The van der Waals surface area contributed by atoms with Gasteiger partial charge in [-0.25, -0.2) is 4.98 Å². The van der Waals surface area contributed by atoms with Gasteiger partial charge in [0.15, 0.2) is 0 Å². The zero-order valence-electron chi connectivity index (χ0n) is 13.4. The second-order valence-corrected chi connectivity index (χ2v) is 6.50. The van der Waals surface area contributed by atoms with Crippen LogP contribution in [0.2, 0.25) is 10.0 Å². The first-order chi connectivity index (χ1) is 12.2. The summed E-state index contributed by atoms with van der Waals surface area (Å²) in [7, 11) is 0. The molecular formula is C18H16Cl2N4O. The summed E-state index contributed by atoms with van der Waals surface area (Å²) < 4.78 is 5.46. The van der Waals surface area contributed by atoms with Gasteiger partial charge in [-0.15, -0.1) is 0 Å². The molecule has 0 aliphatic carbocycles. The normalized spacial score (nSPS) is 14.7. The molecule has 1 saturated heterocycles. The molecule has 25 heavy (non-hydrogen) atoms. The van der Waals surface area contributed by atoms with Crippen LogP contribution in [0.3, 0.4) is 0 Å². The summed E-state index contributed by atoms with van der Waals surface area (Å²) in [4.78, 5) is 11.6. The number of fused-ring (bicyclic) bond motifs is 1. The molecule has 1 aromatic heterocycles. The number of benzene rings is 2. The number of nitrogens with zero attached hydrogens (tertiary/aromatic N) is 3. The lowest BCUT2D eigenvalue weighted by atomic mass is 10.2. The van der Waals surface area contributed by atoms with Crippen molar-refractivity contribution in [1.82, 2.24) is 9.97 Å². The Bertz CT molecular complexity index is 913. The largest absolute Gasteiger partial charge is 0.378 e. The maximum atomic E-state index is 6.27. The highest BCUT2D eigenvalue weighted by molar-refractivity contribution is 6.43. The number of nitrogens with one attached hydrogen (secondary N) is 1. The molecule has 1 aliphatic heterocycles. The van der Waals surface area contributed by atoms with Gasteiger partial charge in [0.05, 0.1) is 34.5 Å². The zero-order chi connectivity index (χ0) is 17.2. The lowest BCUT2D eigenvalue weighted by molar-refractivity contribution is 0.122. The van der Waals surface area contributed by atoms with Crippen molar-refractivity contribution < 1.29 is 4.74 Å². The van der Waals surface area contributed by atoms with Crippen molar-refractivity contribution in [3.63, 3.8) is 0 Å². The number of aromatic nitrogens is 2. The van der Waals surface area contributed by atoms with E-state index in [0.29, 0.717) is 34.9 Å². The molecule has 0 amide bonds. The van der Waals surface area contributed by atoms with Gasteiger partial charge in [-0.3, -0.25) is 0 Å².